The Balaban J connectivity index is 1.78. The van der Waals surface area contributed by atoms with Crippen LogP contribution in [0.1, 0.15) is 23.1 Å². The van der Waals surface area contributed by atoms with Crippen molar-refractivity contribution >= 4 is 5.91 Å². The highest BCUT2D eigenvalue weighted by Crippen LogP contribution is 2.15. The van der Waals surface area contributed by atoms with Gasteiger partial charge in [0.05, 0.1) is 6.07 Å². The topological polar surface area (TPSA) is 62.1 Å². The molecule has 0 heterocycles. The minimum Gasteiger partial charge on any atom is -0.489 e. The van der Waals surface area contributed by atoms with Crippen molar-refractivity contribution in [1.82, 2.24) is 5.32 Å². The molecule has 0 aliphatic heterocycles. The van der Waals surface area contributed by atoms with E-state index in [4.69, 9.17) is 10.00 Å². The first-order valence-electron chi connectivity index (χ1n) is 7.58. The SMILES string of the molecule is Cc1cccc(COc2ccc(CCNC(=O)CC#N)cc2)c1. The van der Waals surface area contributed by atoms with Crippen LogP contribution < -0.4 is 10.1 Å². The average Bonchev–Trinajstić information content (AvgIpc) is 2.54. The molecule has 2 aromatic rings. The van der Waals surface area contributed by atoms with E-state index >= 15 is 0 Å². The summed E-state index contributed by atoms with van der Waals surface area (Å²) in [4.78, 5) is 11.2. The maximum atomic E-state index is 11.2. The van der Waals surface area contributed by atoms with Crippen molar-refractivity contribution < 1.29 is 9.53 Å². The maximum Gasteiger partial charge on any atom is 0.234 e. The largest absolute Gasteiger partial charge is 0.489 e. The van der Waals surface area contributed by atoms with Gasteiger partial charge >= 0.3 is 0 Å². The molecule has 0 bridgehead atoms. The van der Waals surface area contributed by atoms with E-state index in [-0.39, 0.29) is 12.3 Å². The maximum absolute atomic E-state index is 11.2. The Bertz CT molecular complexity index is 687. The van der Waals surface area contributed by atoms with Crippen LogP contribution in [0.2, 0.25) is 0 Å². The smallest absolute Gasteiger partial charge is 0.234 e. The highest BCUT2D eigenvalue weighted by Gasteiger charge is 2.00. The molecule has 2 aromatic carbocycles. The van der Waals surface area contributed by atoms with Crippen LogP contribution >= 0.6 is 0 Å². The molecule has 0 atom stereocenters. The molecule has 118 valence electrons. The van der Waals surface area contributed by atoms with Crippen molar-refractivity contribution in [3.05, 3.63) is 65.2 Å². The number of aryl methyl sites for hydroxylation is 1. The van der Waals surface area contributed by atoms with E-state index in [1.807, 2.05) is 42.5 Å². The molecule has 0 aliphatic carbocycles. The summed E-state index contributed by atoms with van der Waals surface area (Å²) < 4.78 is 5.77. The van der Waals surface area contributed by atoms with E-state index in [1.165, 1.54) is 5.56 Å². The van der Waals surface area contributed by atoms with Crippen LogP contribution in [-0.4, -0.2) is 12.5 Å². The molecular weight excluding hydrogens is 288 g/mol. The Hall–Kier alpha value is -2.80. The van der Waals surface area contributed by atoms with Crippen LogP contribution in [0.5, 0.6) is 5.75 Å². The number of nitriles is 1. The van der Waals surface area contributed by atoms with Gasteiger partial charge in [-0.05, 0) is 36.6 Å². The monoisotopic (exact) mass is 308 g/mol. The molecule has 2 rings (SSSR count). The fraction of sp³-hybridized carbons (Fsp3) is 0.263. The molecule has 0 saturated carbocycles. The zero-order chi connectivity index (χ0) is 16.5. The molecule has 1 N–H and O–H groups in total. The number of nitrogens with zero attached hydrogens (tertiary/aromatic N) is 1. The predicted molar refractivity (Wildman–Crippen MR) is 88.9 cm³/mol. The first-order valence-corrected chi connectivity index (χ1v) is 7.58. The quantitative estimate of drug-likeness (QED) is 0.854. The minimum atomic E-state index is -0.231. The van der Waals surface area contributed by atoms with E-state index in [0.717, 1.165) is 23.3 Å². The number of rotatable bonds is 7. The van der Waals surface area contributed by atoms with Crippen molar-refractivity contribution in [2.45, 2.75) is 26.4 Å². The number of hydrogen-bond donors (Lipinski definition) is 1. The minimum absolute atomic E-state index is 0.0915. The van der Waals surface area contributed by atoms with E-state index < -0.39 is 0 Å². The van der Waals surface area contributed by atoms with Gasteiger partial charge in [0.25, 0.3) is 0 Å². The van der Waals surface area contributed by atoms with Gasteiger partial charge in [0.15, 0.2) is 0 Å². The Morgan fingerprint density at radius 2 is 1.96 bits per heavy atom. The third-order valence-electron chi connectivity index (χ3n) is 3.39. The molecule has 4 nitrogen and oxygen atoms in total. The van der Waals surface area contributed by atoms with Gasteiger partial charge in [0, 0.05) is 6.54 Å². The van der Waals surface area contributed by atoms with Crippen molar-refractivity contribution in [2.24, 2.45) is 0 Å². The molecule has 23 heavy (non-hydrogen) atoms. The lowest BCUT2D eigenvalue weighted by Gasteiger charge is -2.08. The number of hydrogen-bond acceptors (Lipinski definition) is 3. The van der Waals surface area contributed by atoms with Gasteiger partial charge in [-0.3, -0.25) is 4.79 Å². The zero-order valence-electron chi connectivity index (χ0n) is 13.2. The molecule has 0 radical (unpaired) electrons. The van der Waals surface area contributed by atoms with Crippen molar-refractivity contribution in [1.29, 1.82) is 5.26 Å². The van der Waals surface area contributed by atoms with Gasteiger partial charge in [-0.2, -0.15) is 5.26 Å². The van der Waals surface area contributed by atoms with E-state index in [2.05, 4.69) is 24.4 Å². The molecule has 0 saturated heterocycles. The molecule has 0 aromatic heterocycles. The number of carbonyl (C=O) groups is 1. The van der Waals surface area contributed by atoms with Gasteiger partial charge in [0.2, 0.25) is 5.91 Å². The highest BCUT2D eigenvalue weighted by molar-refractivity contribution is 5.77. The second-order valence-corrected chi connectivity index (χ2v) is 5.36. The average molecular weight is 308 g/mol. The summed E-state index contributed by atoms with van der Waals surface area (Å²) in [6, 6.07) is 17.9. The van der Waals surface area contributed by atoms with Crippen LogP contribution in [0.3, 0.4) is 0 Å². The highest BCUT2D eigenvalue weighted by atomic mass is 16.5. The summed E-state index contributed by atoms with van der Waals surface area (Å²) >= 11 is 0. The van der Waals surface area contributed by atoms with Crippen LogP contribution in [0.4, 0.5) is 0 Å². The molecule has 1 amide bonds. The molecular formula is C19H20N2O2. The fourth-order valence-corrected chi connectivity index (χ4v) is 2.20. The third-order valence-corrected chi connectivity index (χ3v) is 3.39. The lowest BCUT2D eigenvalue weighted by molar-refractivity contribution is -0.120. The Labute approximate surface area is 136 Å². The lowest BCUT2D eigenvalue weighted by atomic mass is 10.1. The first-order chi connectivity index (χ1) is 11.2. The van der Waals surface area contributed by atoms with Gasteiger partial charge in [-0.15, -0.1) is 0 Å². The van der Waals surface area contributed by atoms with E-state index in [9.17, 15) is 4.79 Å². The second-order valence-electron chi connectivity index (χ2n) is 5.36. The molecule has 0 fully saturated rings. The van der Waals surface area contributed by atoms with Gasteiger partial charge in [-0.25, -0.2) is 0 Å². The lowest BCUT2D eigenvalue weighted by Crippen LogP contribution is -2.24. The summed E-state index contributed by atoms with van der Waals surface area (Å²) in [6.07, 6.45) is 0.640. The van der Waals surface area contributed by atoms with E-state index in [0.29, 0.717) is 13.2 Å². The zero-order valence-corrected chi connectivity index (χ0v) is 13.2. The number of ether oxygens (including phenoxy) is 1. The van der Waals surface area contributed by atoms with Gasteiger partial charge < -0.3 is 10.1 Å². The number of benzene rings is 2. The van der Waals surface area contributed by atoms with Crippen molar-refractivity contribution in [2.75, 3.05) is 6.54 Å². The van der Waals surface area contributed by atoms with E-state index in [1.54, 1.807) is 0 Å². The Kier molecular flexibility index (Phi) is 6.19. The van der Waals surface area contributed by atoms with Crippen LogP contribution in [0.15, 0.2) is 48.5 Å². The van der Waals surface area contributed by atoms with Gasteiger partial charge in [0.1, 0.15) is 18.8 Å². The van der Waals surface area contributed by atoms with Crippen LogP contribution in [0, 0.1) is 18.3 Å². The van der Waals surface area contributed by atoms with Gasteiger partial charge in [-0.1, -0.05) is 42.0 Å². The Morgan fingerprint density at radius 1 is 1.17 bits per heavy atom. The second kappa shape index (κ2) is 8.60. The summed E-state index contributed by atoms with van der Waals surface area (Å²) in [5.74, 6) is 0.592. The Morgan fingerprint density at radius 3 is 2.65 bits per heavy atom. The number of carbonyl (C=O) groups excluding carboxylic acids is 1. The fourth-order valence-electron chi connectivity index (χ4n) is 2.20. The normalized spacial score (nSPS) is 9.91. The van der Waals surface area contributed by atoms with Crippen molar-refractivity contribution in [3.8, 4) is 11.8 Å². The van der Waals surface area contributed by atoms with Crippen LogP contribution in [-0.2, 0) is 17.8 Å². The van der Waals surface area contributed by atoms with Crippen molar-refractivity contribution in [3.63, 3.8) is 0 Å². The van der Waals surface area contributed by atoms with Crippen LogP contribution in [0.25, 0.3) is 0 Å². The molecule has 4 heteroatoms. The predicted octanol–water partition coefficient (Wildman–Crippen LogP) is 3.15. The summed E-state index contributed by atoms with van der Waals surface area (Å²) in [6.45, 7) is 3.14. The molecule has 0 unspecified atom stereocenters. The number of amides is 1. The first kappa shape index (κ1) is 16.6. The summed E-state index contributed by atoms with van der Waals surface area (Å²) in [5.41, 5.74) is 3.49. The molecule has 0 aliphatic rings. The number of nitrogens with one attached hydrogen (secondary N) is 1. The summed E-state index contributed by atoms with van der Waals surface area (Å²) in [7, 11) is 0. The molecule has 0 spiro atoms. The third kappa shape index (κ3) is 5.84. The standard InChI is InChI=1S/C19H20N2O2/c1-15-3-2-4-17(13-15)14-23-18-7-5-16(6-8-18)10-12-21-19(22)9-11-20/h2-8,13H,9-10,12,14H2,1H3,(H,21,22). The summed E-state index contributed by atoms with van der Waals surface area (Å²) in [5, 5.41) is 11.1.